The minimum Gasteiger partial charge on any atom is -0.328 e. The van der Waals surface area contributed by atoms with E-state index in [1.165, 1.54) is 11.1 Å². The molecule has 1 atom stereocenters. The Hall–Kier alpha value is -0.340. The summed E-state index contributed by atoms with van der Waals surface area (Å²) in [6, 6.07) is 0.328. The monoisotopic (exact) mass is 169 g/mol. The van der Waals surface area contributed by atoms with Crippen LogP contribution in [0.4, 0.5) is 0 Å². The van der Waals surface area contributed by atoms with Crippen LogP contribution in [-0.4, -0.2) is 6.04 Å². The van der Waals surface area contributed by atoms with Gasteiger partial charge in [0.05, 0.1) is 0 Å². The molecular weight excluding hydrogens is 154 g/mol. The number of hydrogen-bond acceptors (Lipinski definition) is 2. The Bertz CT molecular complexity index is 215. The summed E-state index contributed by atoms with van der Waals surface area (Å²) in [5, 5.41) is 4.41. The predicted octanol–water partition coefficient (Wildman–Crippen LogP) is 2.34. The van der Waals surface area contributed by atoms with Crippen molar-refractivity contribution in [2.45, 2.75) is 32.7 Å². The second-order valence-corrected chi connectivity index (χ2v) is 3.84. The molecule has 0 bridgehead atoms. The largest absolute Gasteiger partial charge is 0.328 e. The Morgan fingerprint density at radius 1 is 1.55 bits per heavy atom. The lowest BCUT2D eigenvalue weighted by atomic mass is 10.1. The number of thiophene rings is 1. The summed E-state index contributed by atoms with van der Waals surface area (Å²) in [7, 11) is 0. The molecule has 1 heterocycles. The fourth-order valence-electron chi connectivity index (χ4n) is 1.03. The van der Waals surface area contributed by atoms with Crippen LogP contribution in [0.3, 0.4) is 0 Å². The molecule has 1 aromatic heterocycles. The molecule has 0 saturated heterocycles. The zero-order valence-corrected chi connectivity index (χ0v) is 7.95. The highest BCUT2D eigenvalue weighted by Crippen LogP contribution is 2.15. The topological polar surface area (TPSA) is 26.0 Å². The standard InChI is InChI=1S/C9H15NS/c1-7-5-11-6-9(7)4-3-8(2)10/h5-6,8H,3-4,10H2,1-2H3/t8-/m0/s1. The first-order valence-electron chi connectivity index (χ1n) is 3.97. The third-order valence-corrected chi connectivity index (χ3v) is 2.74. The Morgan fingerprint density at radius 3 is 2.73 bits per heavy atom. The molecule has 2 heteroatoms. The first-order valence-corrected chi connectivity index (χ1v) is 4.91. The van der Waals surface area contributed by atoms with Gasteiger partial charge in [0.25, 0.3) is 0 Å². The van der Waals surface area contributed by atoms with Crippen molar-refractivity contribution >= 4 is 11.3 Å². The van der Waals surface area contributed by atoms with Crippen LogP contribution in [0.15, 0.2) is 10.8 Å². The number of rotatable bonds is 3. The van der Waals surface area contributed by atoms with Crippen molar-refractivity contribution in [1.82, 2.24) is 0 Å². The summed E-state index contributed by atoms with van der Waals surface area (Å²) >= 11 is 1.78. The molecule has 11 heavy (non-hydrogen) atoms. The van der Waals surface area contributed by atoms with Gasteiger partial charge in [0.15, 0.2) is 0 Å². The minimum atomic E-state index is 0.328. The maximum atomic E-state index is 5.66. The molecule has 1 rings (SSSR count). The van der Waals surface area contributed by atoms with Crippen LogP contribution >= 0.6 is 11.3 Å². The Kier molecular flexibility index (Phi) is 3.09. The number of aryl methyl sites for hydroxylation is 2. The minimum absolute atomic E-state index is 0.328. The third-order valence-electron chi connectivity index (χ3n) is 1.83. The number of nitrogens with two attached hydrogens (primary N) is 1. The Labute approximate surface area is 72.2 Å². The molecule has 0 saturated carbocycles. The van der Waals surface area contributed by atoms with E-state index < -0.39 is 0 Å². The summed E-state index contributed by atoms with van der Waals surface area (Å²) in [6.45, 7) is 4.22. The lowest BCUT2D eigenvalue weighted by Crippen LogP contribution is -2.15. The average molecular weight is 169 g/mol. The second kappa shape index (κ2) is 3.88. The molecule has 0 aliphatic carbocycles. The Morgan fingerprint density at radius 2 is 2.27 bits per heavy atom. The van der Waals surface area contributed by atoms with E-state index in [1.807, 2.05) is 0 Å². The summed E-state index contributed by atoms with van der Waals surface area (Å²) in [5.74, 6) is 0. The van der Waals surface area contributed by atoms with E-state index in [2.05, 4.69) is 24.6 Å². The third kappa shape index (κ3) is 2.64. The van der Waals surface area contributed by atoms with Crippen LogP contribution in [-0.2, 0) is 6.42 Å². The van der Waals surface area contributed by atoms with E-state index >= 15 is 0 Å². The highest BCUT2D eigenvalue weighted by atomic mass is 32.1. The SMILES string of the molecule is Cc1cscc1CC[C@H](C)N. The van der Waals surface area contributed by atoms with Crippen molar-refractivity contribution in [3.05, 3.63) is 21.9 Å². The van der Waals surface area contributed by atoms with E-state index in [0.717, 1.165) is 12.8 Å². The predicted molar refractivity (Wildman–Crippen MR) is 51.0 cm³/mol. The maximum absolute atomic E-state index is 5.66. The zero-order valence-electron chi connectivity index (χ0n) is 7.13. The molecule has 0 spiro atoms. The molecule has 0 aromatic carbocycles. The quantitative estimate of drug-likeness (QED) is 0.738. The van der Waals surface area contributed by atoms with Gasteiger partial charge in [-0.15, -0.1) is 0 Å². The van der Waals surface area contributed by atoms with Crippen LogP contribution < -0.4 is 5.73 Å². The van der Waals surface area contributed by atoms with Crippen LogP contribution in [0.2, 0.25) is 0 Å². The Balaban J connectivity index is 2.44. The van der Waals surface area contributed by atoms with Crippen molar-refractivity contribution in [1.29, 1.82) is 0 Å². The second-order valence-electron chi connectivity index (χ2n) is 3.10. The normalized spacial score (nSPS) is 13.4. The van der Waals surface area contributed by atoms with Gasteiger partial charge in [-0.3, -0.25) is 0 Å². The first kappa shape index (κ1) is 8.75. The molecule has 0 radical (unpaired) electrons. The van der Waals surface area contributed by atoms with Gasteiger partial charge in [0, 0.05) is 6.04 Å². The highest BCUT2D eigenvalue weighted by molar-refractivity contribution is 7.08. The van der Waals surface area contributed by atoms with Crippen LogP contribution in [0.5, 0.6) is 0 Å². The molecule has 2 N–H and O–H groups in total. The van der Waals surface area contributed by atoms with E-state index in [1.54, 1.807) is 11.3 Å². The maximum Gasteiger partial charge on any atom is 0.00136 e. The van der Waals surface area contributed by atoms with E-state index in [-0.39, 0.29) is 0 Å². The van der Waals surface area contributed by atoms with Crippen LogP contribution in [0.25, 0.3) is 0 Å². The van der Waals surface area contributed by atoms with E-state index in [0.29, 0.717) is 6.04 Å². The van der Waals surface area contributed by atoms with Gasteiger partial charge in [-0.1, -0.05) is 0 Å². The van der Waals surface area contributed by atoms with Gasteiger partial charge in [-0.25, -0.2) is 0 Å². The summed E-state index contributed by atoms with van der Waals surface area (Å²) in [5.41, 5.74) is 8.54. The van der Waals surface area contributed by atoms with Gasteiger partial charge in [0.2, 0.25) is 0 Å². The summed E-state index contributed by atoms with van der Waals surface area (Å²) < 4.78 is 0. The molecule has 0 aliphatic heterocycles. The van der Waals surface area contributed by atoms with Gasteiger partial charge < -0.3 is 5.73 Å². The van der Waals surface area contributed by atoms with E-state index in [9.17, 15) is 0 Å². The molecule has 0 unspecified atom stereocenters. The number of hydrogen-bond donors (Lipinski definition) is 1. The van der Waals surface area contributed by atoms with Crippen molar-refractivity contribution in [3.63, 3.8) is 0 Å². The van der Waals surface area contributed by atoms with Crippen LogP contribution in [0, 0.1) is 6.92 Å². The molecule has 62 valence electrons. The van der Waals surface area contributed by atoms with Gasteiger partial charge in [-0.2, -0.15) is 11.3 Å². The summed E-state index contributed by atoms with van der Waals surface area (Å²) in [4.78, 5) is 0. The lowest BCUT2D eigenvalue weighted by molar-refractivity contribution is 0.665. The van der Waals surface area contributed by atoms with Crippen molar-refractivity contribution < 1.29 is 0 Å². The summed E-state index contributed by atoms with van der Waals surface area (Å²) in [6.07, 6.45) is 2.23. The molecule has 1 aromatic rings. The van der Waals surface area contributed by atoms with Gasteiger partial charge in [0.1, 0.15) is 0 Å². The molecule has 0 fully saturated rings. The van der Waals surface area contributed by atoms with Gasteiger partial charge in [-0.05, 0) is 48.6 Å². The highest BCUT2D eigenvalue weighted by Gasteiger charge is 2.00. The molecule has 1 nitrogen and oxygen atoms in total. The molecular formula is C9H15NS. The van der Waals surface area contributed by atoms with Crippen molar-refractivity contribution in [2.75, 3.05) is 0 Å². The van der Waals surface area contributed by atoms with Crippen LogP contribution in [0.1, 0.15) is 24.5 Å². The van der Waals surface area contributed by atoms with E-state index in [4.69, 9.17) is 5.73 Å². The average Bonchev–Trinajstić information content (AvgIpc) is 2.31. The first-order chi connectivity index (χ1) is 5.20. The molecule has 0 aliphatic rings. The smallest absolute Gasteiger partial charge is 0.00136 e. The molecule has 0 amide bonds. The van der Waals surface area contributed by atoms with Crippen molar-refractivity contribution in [2.24, 2.45) is 5.73 Å². The van der Waals surface area contributed by atoms with Crippen molar-refractivity contribution in [3.8, 4) is 0 Å². The van der Waals surface area contributed by atoms with Gasteiger partial charge >= 0.3 is 0 Å². The fourth-order valence-corrected chi connectivity index (χ4v) is 1.92. The fraction of sp³-hybridized carbons (Fsp3) is 0.556. The zero-order chi connectivity index (χ0) is 8.27. The lowest BCUT2D eigenvalue weighted by Gasteiger charge is -2.03.